The Morgan fingerprint density at radius 1 is 1.24 bits per heavy atom. The van der Waals surface area contributed by atoms with Crippen LogP contribution < -0.4 is 10.6 Å². The van der Waals surface area contributed by atoms with E-state index >= 15 is 0 Å². The van der Waals surface area contributed by atoms with E-state index in [1.165, 1.54) is 11.3 Å². The number of nitrogens with zero attached hydrogens (tertiary/aromatic N) is 5. The Kier molecular flexibility index (Phi) is 5.75. The molecule has 0 fully saturated rings. The van der Waals surface area contributed by atoms with Gasteiger partial charge in [0.2, 0.25) is 13.3 Å². The fraction of sp³-hybridized carbons (Fsp3) is 0.222. The molecule has 11 heteroatoms. The number of hydrogen-bond donors (Lipinski definition) is 2. The number of anilines is 2. The van der Waals surface area contributed by atoms with Gasteiger partial charge in [-0.1, -0.05) is 24.3 Å². The lowest BCUT2D eigenvalue weighted by Gasteiger charge is -2.18. The van der Waals surface area contributed by atoms with Crippen molar-refractivity contribution in [3.63, 3.8) is 0 Å². The monoisotopic (exact) mass is 434 g/mol. The zero-order chi connectivity index (χ0) is 19.9. The van der Waals surface area contributed by atoms with Crippen LogP contribution in [-0.2, 0) is 28.5 Å². The van der Waals surface area contributed by atoms with Crippen LogP contribution in [0.2, 0.25) is 0 Å². The van der Waals surface area contributed by atoms with E-state index in [4.69, 9.17) is 5.73 Å². The number of nitrogens with two attached hydrogens (primary N) is 1. The Bertz CT molecular complexity index is 1100. The molecule has 2 aromatic heterocycles. The molecule has 3 heterocycles. The number of fused-ring (bicyclic) bond motifs is 1. The normalized spacial score (nSPS) is 15.0. The van der Waals surface area contributed by atoms with Crippen LogP contribution in [0.3, 0.4) is 0 Å². The number of hydrogen-bond acceptors (Lipinski definition) is 6. The van der Waals surface area contributed by atoms with Gasteiger partial charge < -0.3 is 10.6 Å². The molecule has 29 heavy (non-hydrogen) atoms. The molecule has 0 saturated carbocycles. The molecule has 0 saturated heterocycles. The quantitative estimate of drug-likeness (QED) is 0.589. The summed E-state index contributed by atoms with van der Waals surface area (Å²) in [6, 6.07) is 9.05. The molecule has 1 aliphatic rings. The molecule has 0 bridgehead atoms. The molecule has 1 aliphatic heterocycles. The average molecular weight is 435 g/mol. The Morgan fingerprint density at radius 3 is 2.69 bits per heavy atom. The van der Waals surface area contributed by atoms with Gasteiger partial charge in [-0.15, -0.1) is 12.4 Å². The van der Waals surface area contributed by atoms with Crippen molar-refractivity contribution in [2.24, 2.45) is 0 Å². The van der Waals surface area contributed by atoms with E-state index in [9.17, 15) is 14.3 Å². The molecule has 3 N–H and O–H groups in total. The SMILES string of the molecule is CP(=O)(O)Cc1cccc(CN2C(=O)Cc3c(N)nc(-n4cccn4)nc32)c1.Cl. The molecule has 9 nitrogen and oxygen atoms in total. The summed E-state index contributed by atoms with van der Waals surface area (Å²) in [5.41, 5.74) is 8.25. The van der Waals surface area contributed by atoms with E-state index in [1.54, 1.807) is 29.4 Å². The second kappa shape index (κ2) is 7.94. The smallest absolute Gasteiger partial charge is 0.254 e. The van der Waals surface area contributed by atoms with Crippen LogP contribution in [0, 0.1) is 0 Å². The predicted octanol–water partition coefficient (Wildman–Crippen LogP) is 2.16. The van der Waals surface area contributed by atoms with Gasteiger partial charge in [-0.2, -0.15) is 15.1 Å². The van der Waals surface area contributed by atoms with Crippen LogP contribution in [0.1, 0.15) is 16.7 Å². The zero-order valence-corrected chi connectivity index (χ0v) is 17.3. The van der Waals surface area contributed by atoms with Gasteiger partial charge in [-0.25, -0.2) is 4.68 Å². The molecular weight excluding hydrogens is 415 g/mol. The number of benzene rings is 1. The lowest BCUT2D eigenvalue weighted by Crippen LogP contribution is -2.27. The van der Waals surface area contributed by atoms with Gasteiger partial charge in [-0.3, -0.25) is 14.3 Å². The van der Waals surface area contributed by atoms with Crippen LogP contribution in [-0.4, -0.2) is 37.2 Å². The Labute approximate surface area is 173 Å². The lowest BCUT2D eigenvalue weighted by atomic mass is 10.1. The number of aromatic nitrogens is 4. The minimum Gasteiger partial charge on any atom is -0.383 e. The molecular formula is C18H20ClN6O3P. The minimum atomic E-state index is -3.18. The summed E-state index contributed by atoms with van der Waals surface area (Å²) in [5.74, 6) is 0.897. The Hall–Kier alpha value is -2.74. The van der Waals surface area contributed by atoms with Crippen molar-refractivity contribution in [2.45, 2.75) is 19.1 Å². The third kappa shape index (κ3) is 4.48. The lowest BCUT2D eigenvalue weighted by molar-refractivity contribution is -0.117. The molecule has 152 valence electrons. The van der Waals surface area contributed by atoms with Crippen molar-refractivity contribution >= 4 is 37.3 Å². The van der Waals surface area contributed by atoms with Gasteiger partial charge in [-0.05, 0) is 17.2 Å². The largest absolute Gasteiger partial charge is 0.383 e. The summed E-state index contributed by atoms with van der Waals surface area (Å²) in [7, 11) is -3.18. The standard InChI is InChI=1S/C18H19N6O3P.ClH/c1-28(26,27)11-13-5-2-4-12(8-13)10-23-15(25)9-14-16(19)21-18(22-17(14)23)24-7-3-6-20-24;/h2-8H,9-11H2,1H3,(H,26,27)(H2,19,21,22);1H. The van der Waals surface area contributed by atoms with Crippen molar-refractivity contribution in [2.75, 3.05) is 17.3 Å². The third-order valence-electron chi connectivity index (χ3n) is 4.41. The van der Waals surface area contributed by atoms with E-state index < -0.39 is 7.37 Å². The van der Waals surface area contributed by atoms with Gasteiger partial charge in [0.15, 0.2) is 0 Å². The maximum Gasteiger partial charge on any atom is 0.254 e. The topological polar surface area (TPSA) is 127 Å². The van der Waals surface area contributed by atoms with Crippen molar-refractivity contribution in [3.8, 4) is 5.95 Å². The van der Waals surface area contributed by atoms with Crippen LogP contribution in [0.15, 0.2) is 42.7 Å². The molecule has 1 unspecified atom stereocenters. The highest BCUT2D eigenvalue weighted by Gasteiger charge is 2.32. The van der Waals surface area contributed by atoms with Gasteiger partial charge in [0.1, 0.15) is 11.6 Å². The van der Waals surface area contributed by atoms with Crippen molar-refractivity contribution in [1.82, 2.24) is 19.7 Å². The summed E-state index contributed by atoms with van der Waals surface area (Å²) in [5, 5.41) is 4.11. The molecule has 0 spiro atoms. The fourth-order valence-corrected chi connectivity index (χ4v) is 4.11. The third-order valence-corrected chi connectivity index (χ3v) is 5.36. The summed E-state index contributed by atoms with van der Waals surface area (Å²) >= 11 is 0. The van der Waals surface area contributed by atoms with E-state index in [0.717, 1.165) is 11.1 Å². The second-order valence-electron chi connectivity index (χ2n) is 6.85. The van der Waals surface area contributed by atoms with Crippen molar-refractivity contribution < 1.29 is 14.3 Å². The first kappa shape index (κ1) is 21.0. The predicted molar refractivity (Wildman–Crippen MR) is 112 cm³/mol. The summed E-state index contributed by atoms with van der Waals surface area (Å²) in [4.78, 5) is 32.5. The van der Waals surface area contributed by atoms with Crippen LogP contribution in [0.25, 0.3) is 5.95 Å². The summed E-state index contributed by atoms with van der Waals surface area (Å²) in [6.45, 7) is 1.62. The second-order valence-corrected chi connectivity index (χ2v) is 9.27. The van der Waals surface area contributed by atoms with E-state index in [0.29, 0.717) is 17.3 Å². The van der Waals surface area contributed by atoms with E-state index in [1.807, 2.05) is 18.2 Å². The first-order valence-corrected chi connectivity index (χ1v) is 10.9. The minimum absolute atomic E-state index is 0. The zero-order valence-electron chi connectivity index (χ0n) is 15.6. The molecule has 0 radical (unpaired) electrons. The first-order chi connectivity index (χ1) is 13.3. The van der Waals surface area contributed by atoms with Gasteiger partial charge >= 0.3 is 0 Å². The number of halogens is 1. The van der Waals surface area contributed by atoms with E-state index in [2.05, 4.69) is 15.1 Å². The number of carbonyl (C=O) groups is 1. The number of carbonyl (C=O) groups excluding carboxylic acids is 1. The highest BCUT2D eigenvalue weighted by molar-refractivity contribution is 7.56. The maximum absolute atomic E-state index is 12.6. The van der Waals surface area contributed by atoms with Crippen LogP contribution in [0.5, 0.6) is 0 Å². The van der Waals surface area contributed by atoms with Crippen LogP contribution >= 0.6 is 19.8 Å². The Balaban J connectivity index is 0.00000240. The molecule has 1 atom stereocenters. The highest BCUT2D eigenvalue weighted by Crippen LogP contribution is 2.40. The summed E-state index contributed by atoms with van der Waals surface area (Å²) < 4.78 is 13.2. The molecule has 3 aromatic rings. The van der Waals surface area contributed by atoms with Gasteiger partial charge in [0.25, 0.3) is 5.95 Å². The fourth-order valence-electron chi connectivity index (χ4n) is 3.23. The summed E-state index contributed by atoms with van der Waals surface area (Å²) in [6.07, 6.45) is 3.53. The highest BCUT2D eigenvalue weighted by atomic mass is 35.5. The average Bonchev–Trinajstić information content (AvgIpc) is 3.24. The molecule has 4 rings (SSSR count). The molecule has 1 aromatic carbocycles. The van der Waals surface area contributed by atoms with Gasteiger partial charge in [0.05, 0.1) is 13.0 Å². The molecule has 1 amide bonds. The number of rotatable bonds is 5. The van der Waals surface area contributed by atoms with Crippen LogP contribution in [0.4, 0.5) is 11.6 Å². The Morgan fingerprint density at radius 2 is 2.00 bits per heavy atom. The van der Waals surface area contributed by atoms with Gasteiger partial charge in [0, 0.05) is 30.8 Å². The first-order valence-electron chi connectivity index (χ1n) is 8.64. The maximum atomic E-state index is 12.6. The number of nitrogen functional groups attached to an aromatic ring is 1. The van der Waals surface area contributed by atoms with Crippen molar-refractivity contribution in [3.05, 3.63) is 59.4 Å². The van der Waals surface area contributed by atoms with E-state index in [-0.39, 0.29) is 43.3 Å². The molecule has 0 aliphatic carbocycles. The van der Waals surface area contributed by atoms with Crippen molar-refractivity contribution in [1.29, 1.82) is 0 Å². The number of amides is 1.